The number of rotatable bonds is 9. The van der Waals surface area contributed by atoms with Gasteiger partial charge in [0.15, 0.2) is 0 Å². The lowest BCUT2D eigenvalue weighted by Crippen LogP contribution is -2.33. The highest BCUT2D eigenvalue weighted by Crippen LogP contribution is 2.74. The fourth-order valence-corrected chi connectivity index (χ4v) is 23.6. The number of thiophene rings is 3. The summed E-state index contributed by atoms with van der Waals surface area (Å²) in [6.07, 6.45) is 0. The summed E-state index contributed by atoms with van der Waals surface area (Å²) in [5, 5.41) is 7.76. The first-order valence-corrected chi connectivity index (χ1v) is 40.3. The summed E-state index contributed by atoms with van der Waals surface area (Å²) in [6.45, 7) is 13.5. The molecule has 0 aliphatic heterocycles. The lowest BCUT2D eigenvalue weighted by Gasteiger charge is -2.40. The van der Waals surface area contributed by atoms with Crippen LogP contribution in [0.3, 0.4) is 0 Å². The molecular formula is C105H72S3. The summed E-state index contributed by atoms with van der Waals surface area (Å²) in [7, 11) is 0. The SMILES string of the molecule is Cc1ccc(C2(c3ccc(C)cc3)c3ccc(-c4cccc5c4sc4ccccc45)cc3-c3c2c2c(c4c3C(c3ccc(C)cc3)(c3ccc(C)cc3)c3ccc(-c5cccc6c5sc5ccccc56)cc3-4)C(c3ccc(C)cc3)(c3ccc(C)cc3)c3ccc(-c4cccc5c4sc4ccccc45)cc3-2)cc1. The van der Waals surface area contributed by atoms with Gasteiger partial charge in [0.25, 0.3) is 0 Å². The number of hydrogen-bond donors (Lipinski definition) is 0. The van der Waals surface area contributed by atoms with Gasteiger partial charge in [-0.05, 0) is 211 Å². The van der Waals surface area contributed by atoms with Crippen LogP contribution < -0.4 is 0 Å². The predicted molar refractivity (Wildman–Crippen MR) is 462 cm³/mol. The van der Waals surface area contributed by atoms with Crippen molar-refractivity contribution in [2.75, 3.05) is 0 Å². The van der Waals surface area contributed by atoms with Gasteiger partial charge < -0.3 is 0 Å². The fraction of sp³-hybridized carbons (Fsp3) is 0.0857. The quantitative estimate of drug-likeness (QED) is 0.135. The van der Waals surface area contributed by atoms with Crippen LogP contribution in [-0.2, 0) is 16.2 Å². The number of aryl methyl sites for hydroxylation is 6. The van der Waals surface area contributed by atoms with Crippen LogP contribution in [0.2, 0.25) is 0 Å². The Bertz CT molecular complexity index is 6160. The third kappa shape index (κ3) is 8.72. The average Bonchev–Trinajstić information content (AvgIpc) is 1.46. The van der Waals surface area contributed by atoms with E-state index in [4.69, 9.17) is 0 Å². The molecule has 0 N–H and O–H groups in total. The molecule has 3 heteroatoms. The number of benzene rings is 16. The summed E-state index contributed by atoms with van der Waals surface area (Å²) in [6, 6.07) is 130. The molecule has 510 valence electrons. The van der Waals surface area contributed by atoms with Gasteiger partial charge in [-0.3, -0.25) is 0 Å². The van der Waals surface area contributed by atoms with Gasteiger partial charge in [0.1, 0.15) is 0 Å². The van der Waals surface area contributed by atoms with Crippen molar-refractivity contribution in [1.29, 1.82) is 0 Å². The molecule has 0 nitrogen and oxygen atoms in total. The zero-order valence-corrected chi connectivity index (χ0v) is 63.4. The molecule has 0 spiro atoms. The first kappa shape index (κ1) is 63.5. The summed E-state index contributed by atoms with van der Waals surface area (Å²) in [4.78, 5) is 0. The molecule has 3 aromatic heterocycles. The van der Waals surface area contributed by atoms with Crippen LogP contribution in [0.4, 0.5) is 0 Å². The van der Waals surface area contributed by atoms with Crippen molar-refractivity contribution < 1.29 is 0 Å². The molecule has 22 rings (SSSR count). The highest BCUT2D eigenvalue weighted by Gasteiger charge is 2.61. The Kier molecular flexibility index (Phi) is 13.9. The van der Waals surface area contributed by atoms with E-state index in [1.807, 2.05) is 34.0 Å². The molecular weight excluding hydrogens is 1360 g/mol. The molecule has 3 aliphatic rings. The second kappa shape index (κ2) is 23.6. The second-order valence-corrected chi connectivity index (χ2v) is 34.0. The number of hydrogen-bond acceptors (Lipinski definition) is 3. The van der Waals surface area contributed by atoms with Crippen molar-refractivity contribution in [2.24, 2.45) is 0 Å². The standard InChI is InChI=1S/C105H72S3/c1-61-28-43-70(44-29-61)103(71-45-30-62(2)31-46-71)88-55-40-67(76-19-13-22-82-79-16-7-10-25-91(79)106-100(76)82)58-85(88)94-97(103)95-86-59-68(77-20-14-23-83-80-17-8-11-26-92(80)107-101(77)83)41-56-89(86)104(72-47-32-63(3)33-48-72,73-49-34-64(4)35-50-73)99(95)96-87-60-69(78-21-15-24-84-81-18-9-12-27-93(81)108-102(78)84)42-57-90(87)105(98(94)96,74-51-36-65(5)37-52-74)75-53-38-66(6)39-54-75/h7-60H,1-6H3. The van der Waals surface area contributed by atoms with Crippen LogP contribution in [0, 0.1) is 41.5 Å². The van der Waals surface area contributed by atoms with Crippen molar-refractivity contribution in [3.63, 3.8) is 0 Å². The lowest BCUT2D eigenvalue weighted by atomic mass is 9.61. The van der Waals surface area contributed by atoms with E-state index in [2.05, 4.69) is 369 Å². The molecule has 0 bridgehead atoms. The Labute approximate surface area is 641 Å². The van der Waals surface area contributed by atoms with Crippen LogP contribution in [-0.4, -0.2) is 0 Å². The van der Waals surface area contributed by atoms with Crippen LogP contribution in [0.15, 0.2) is 328 Å². The zero-order valence-electron chi connectivity index (χ0n) is 60.9. The molecule has 108 heavy (non-hydrogen) atoms. The maximum absolute atomic E-state index is 2.66. The highest BCUT2D eigenvalue weighted by atomic mass is 32.1. The van der Waals surface area contributed by atoms with Crippen LogP contribution in [0.5, 0.6) is 0 Å². The molecule has 0 unspecified atom stereocenters. The third-order valence-electron chi connectivity index (χ3n) is 24.8. The van der Waals surface area contributed by atoms with Gasteiger partial charge in [0.2, 0.25) is 0 Å². The summed E-state index contributed by atoms with van der Waals surface area (Å²) in [5.74, 6) is 0. The van der Waals surface area contributed by atoms with Gasteiger partial charge in [0, 0.05) is 60.5 Å². The minimum Gasteiger partial charge on any atom is -0.135 e. The van der Waals surface area contributed by atoms with E-state index in [0.29, 0.717) is 0 Å². The Morgan fingerprint density at radius 2 is 0.417 bits per heavy atom. The van der Waals surface area contributed by atoms with Gasteiger partial charge in [-0.25, -0.2) is 0 Å². The van der Waals surface area contributed by atoms with Gasteiger partial charge in [-0.15, -0.1) is 34.0 Å². The van der Waals surface area contributed by atoms with E-state index in [9.17, 15) is 0 Å². The van der Waals surface area contributed by atoms with Gasteiger partial charge in [-0.1, -0.05) is 325 Å². The monoisotopic (exact) mass is 1430 g/mol. The minimum absolute atomic E-state index is 0.925. The maximum Gasteiger partial charge on any atom is 0.0719 e. The molecule has 3 aliphatic carbocycles. The van der Waals surface area contributed by atoms with Gasteiger partial charge >= 0.3 is 0 Å². The minimum atomic E-state index is -0.925. The summed E-state index contributed by atoms with van der Waals surface area (Å²) < 4.78 is 7.80. The molecule has 0 fully saturated rings. The van der Waals surface area contributed by atoms with E-state index in [-0.39, 0.29) is 0 Å². The Morgan fingerprint density at radius 1 is 0.194 bits per heavy atom. The summed E-state index contributed by atoms with van der Waals surface area (Å²) >= 11 is 5.75. The van der Waals surface area contributed by atoms with Crippen molar-refractivity contribution in [2.45, 2.75) is 57.8 Å². The van der Waals surface area contributed by atoms with Crippen molar-refractivity contribution in [3.05, 3.63) is 428 Å². The van der Waals surface area contributed by atoms with Gasteiger partial charge in [-0.2, -0.15) is 0 Å². The van der Waals surface area contributed by atoms with Crippen molar-refractivity contribution >= 4 is 94.5 Å². The second-order valence-electron chi connectivity index (χ2n) is 30.8. The lowest BCUT2D eigenvalue weighted by molar-refractivity contribution is 0.740. The summed E-state index contributed by atoms with van der Waals surface area (Å²) in [5.41, 5.74) is 34.8. The third-order valence-corrected chi connectivity index (χ3v) is 28.4. The fourth-order valence-electron chi connectivity index (χ4n) is 19.9. The largest absolute Gasteiger partial charge is 0.135 e. The topological polar surface area (TPSA) is 0 Å². The van der Waals surface area contributed by atoms with Crippen molar-refractivity contribution in [3.8, 4) is 66.8 Å². The van der Waals surface area contributed by atoms with E-state index in [1.165, 1.54) is 227 Å². The normalized spacial score (nSPS) is 14.1. The van der Waals surface area contributed by atoms with Crippen LogP contribution in [0.25, 0.3) is 127 Å². The smallest absolute Gasteiger partial charge is 0.0719 e. The first-order chi connectivity index (χ1) is 53.0. The molecule has 3 heterocycles. The van der Waals surface area contributed by atoms with Crippen molar-refractivity contribution in [1.82, 2.24) is 0 Å². The Balaban J connectivity index is 1.02. The predicted octanol–water partition coefficient (Wildman–Crippen LogP) is 28.7. The Hall–Kier alpha value is -11.8. The highest BCUT2D eigenvalue weighted by molar-refractivity contribution is 7.27. The molecule has 0 saturated carbocycles. The van der Waals surface area contributed by atoms with Crippen LogP contribution >= 0.6 is 34.0 Å². The van der Waals surface area contributed by atoms with Crippen LogP contribution in [0.1, 0.15) is 100 Å². The maximum atomic E-state index is 2.66. The molecule has 19 aromatic rings. The first-order valence-electron chi connectivity index (χ1n) is 37.8. The molecule has 16 aromatic carbocycles. The molecule has 0 saturated heterocycles. The molecule has 0 radical (unpaired) electrons. The van der Waals surface area contributed by atoms with E-state index < -0.39 is 16.2 Å². The van der Waals surface area contributed by atoms with Gasteiger partial charge in [0.05, 0.1) is 16.2 Å². The molecule has 0 amide bonds. The number of fused-ring (bicyclic) bond motifs is 21. The van der Waals surface area contributed by atoms with E-state index in [1.54, 1.807) is 0 Å². The molecule has 0 atom stereocenters. The zero-order chi connectivity index (χ0) is 72.1. The van der Waals surface area contributed by atoms with E-state index in [0.717, 1.165) is 0 Å². The Morgan fingerprint density at radius 3 is 0.657 bits per heavy atom. The van der Waals surface area contributed by atoms with E-state index >= 15 is 0 Å². The average molecular weight is 1430 g/mol.